The second-order valence-electron chi connectivity index (χ2n) is 13.8. The van der Waals surface area contributed by atoms with Crippen molar-refractivity contribution < 1.29 is 5.21 Å². The van der Waals surface area contributed by atoms with Crippen molar-refractivity contribution in [3.05, 3.63) is 0 Å². The Bertz CT molecular complexity index is 735. The predicted molar refractivity (Wildman–Crippen MR) is 134 cm³/mol. The molecule has 0 heterocycles. The predicted octanol–water partition coefficient (Wildman–Crippen LogP) is 8.40. The fourth-order valence-electron chi connectivity index (χ4n) is 10.5. The van der Waals surface area contributed by atoms with Crippen LogP contribution in [0, 0.1) is 64.1 Å². The molecular formula is C29H48ClNO. The molecule has 2 nitrogen and oxygen atoms in total. The van der Waals surface area contributed by atoms with Gasteiger partial charge in [-0.2, -0.15) is 0 Å². The quantitative estimate of drug-likeness (QED) is 0.248. The first kappa shape index (κ1) is 23.5. The van der Waals surface area contributed by atoms with Crippen molar-refractivity contribution in [1.29, 1.82) is 0 Å². The molecule has 5 fully saturated rings. The van der Waals surface area contributed by atoms with E-state index in [1.165, 1.54) is 70.6 Å². The van der Waals surface area contributed by atoms with E-state index in [1.54, 1.807) is 0 Å². The molecule has 0 unspecified atom stereocenters. The van der Waals surface area contributed by atoms with Crippen LogP contribution < -0.4 is 0 Å². The molecular weight excluding hydrogens is 414 g/mol. The van der Waals surface area contributed by atoms with Crippen molar-refractivity contribution in [2.45, 2.75) is 111 Å². The highest BCUT2D eigenvalue weighted by molar-refractivity contribution is 6.35. The Hall–Kier alpha value is -0.240. The summed E-state index contributed by atoms with van der Waals surface area (Å²) in [5.41, 5.74) is 1.93. The summed E-state index contributed by atoms with van der Waals surface area (Å²) >= 11 is 6.69. The van der Waals surface area contributed by atoms with Crippen LogP contribution in [0.3, 0.4) is 0 Å². The molecule has 5 aliphatic rings. The number of hydrogen-bond acceptors (Lipinski definition) is 2. The molecule has 0 saturated heterocycles. The van der Waals surface area contributed by atoms with Crippen LogP contribution in [0.25, 0.3) is 0 Å². The summed E-state index contributed by atoms with van der Waals surface area (Å²) in [5, 5.41) is 13.0. The lowest BCUT2D eigenvalue weighted by Gasteiger charge is -2.64. The van der Waals surface area contributed by atoms with E-state index >= 15 is 0 Å². The van der Waals surface area contributed by atoms with Crippen LogP contribution >= 0.6 is 11.6 Å². The maximum absolute atomic E-state index is 9.43. The van der Waals surface area contributed by atoms with Crippen molar-refractivity contribution in [3.8, 4) is 0 Å². The first-order valence-corrected chi connectivity index (χ1v) is 14.5. The number of halogens is 1. The van der Waals surface area contributed by atoms with Gasteiger partial charge >= 0.3 is 0 Å². The normalized spacial score (nSPS) is 52.0. The molecule has 32 heavy (non-hydrogen) atoms. The van der Waals surface area contributed by atoms with Gasteiger partial charge < -0.3 is 5.21 Å². The summed E-state index contributed by atoms with van der Waals surface area (Å²) in [4.78, 5) is 0. The number of nitrogens with zero attached hydrogens (tertiary/aromatic N) is 1. The highest BCUT2D eigenvalue weighted by Gasteiger charge is 2.64. The Morgan fingerprint density at radius 3 is 2.44 bits per heavy atom. The minimum absolute atomic E-state index is 0.0143. The fourth-order valence-corrected chi connectivity index (χ4v) is 10.9. The molecule has 0 bridgehead atoms. The summed E-state index contributed by atoms with van der Waals surface area (Å²) in [6, 6.07) is 0. The van der Waals surface area contributed by atoms with Gasteiger partial charge in [-0.05, 0) is 110 Å². The second kappa shape index (κ2) is 8.46. The van der Waals surface area contributed by atoms with Gasteiger partial charge in [-0.15, -0.1) is 11.6 Å². The van der Waals surface area contributed by atoms with E-state index in [4.69, 9.17) is 11.6 Å². The van der Waals surface area contributed by atoms with E-state index in [0.29, 0.717) is 22.7 Å². The summed E-state index contributed by atoms with van der Waals surface area (Å²) in [7, 11) is 0. The molecule has 3 heteroatoms. The maximum atomic E-state index is 9.43. The zero-order valence-corrected chi connectivity index (χ0v) is 22.1. The summed E-state index contributed by atoms with van der Waals surface area (Å²) in [6.45, 7) is 12.7. The Balaban J connectivity index is 1.30. The highest BCUT2D eigenvalue weighted by atomic mass is 35.5. The van der Waals surface area contributed by atoms with Crippen molar-refractivity contribution in [2.24, 2.45) is 69.2 Å². The first-order chi connectivity index (χ1) is 15.2. The lowest BCUT2D eigenvalue weighted by Crippen LogP contribution is -2.61. The van der Waals surface area contributed by atoms with Crippen LogP contribution in [-0.4, -0.2) is 16.3 Å². The zero-order chi connectivity index (χ0) is 22.8. The molecule has 182 valence electrons. The molecule has 5 saturated carbocycles. The third kappa shape index (κ3) is 3.43. The van der Waals surface area contributed by atoms with Gasteiger partial charge in [0.15, 0.2) is 0 Å². The Labute approximate surface area is 202 Å². The Morgan fingerprint density at radius 2 is 1.72 bits per heavy atom. The van der Waals surface area contributed by atoms with Crippen molar-refractivity contribution in [1.82, 2.24) is 0 Å². The van der Waals surface area contributed by atoms with Gasteiger partial charge in [0, 0.05) is 5.92 Å². The van der Waals surface area contributed by atoms with Gasteiger partial charge in [-0.25, -0.2) is 0 Å². The van der Waals surface area contributed by atoms with E-state index < -0.39 is 0 Å². The van der Waals surface area contributed by atoms with Gasteiger partial charge in [0.05, 0.1) is 11.1 Å². The van der Waals surface area contributed by atoms with E-state index in [0.717, 1.165) is 47.1 Å². The average Bonchev–Trinajstić information content (AvgIpc) is 3.10. The molecule has 1 N–H and O–H groups in total. The van der Waals surface area contributed by atoms with Crippen LogP contribution in [0.1, 0.15) is 105 Å². The summed E-state index contributed by atoms with van der Waals surface area (Å²) < 4.78 is 0. The van der Waals surface area contributed by atoms with Crippen molar-refractivity contribution in [2.75, 3.05) is 0 Å². The molecule has 5 aliphatic carbocycles. The first-order valence-electron chi connectivity index (χ1n) is 14.1. The number of rotatable bonds is 5. The van der Waals surface area contributed by atoms with Crippen LogP contribution in [0.5, 0.6) is 0 Å². The summed E-state index contributed by atoms with van der Waals surface area (Å²) in [6.07, 6.45) is 15.5. The van der Waals surface area contributed by atoms with E-state index in [9.17, 15) is 5.21 Å². The van der Waals surface area contributed by atoms with Gasteiger partial charge in [0.2, 0.25) is 0 Å². The van der Waals surface area contributed by atoms with E-state index in [2.05, 4.69) is 39.8 Å². The minimum atomic E-state index is -0.0143. The fraction of sp³-hybridized carbons (Fsp3) is 0.966. The molecule has 11 atom stereocenters. The van der Waals surface area contributed by atoms with Crippen molar-refractivity contribution >= 4 is 17.3 Å². The molecule has 5 rings (SSSR count). The second-order valence-corrected chi connectivity index (χ2v) is 14.3. The van der Waals surface area contributed by atoms with E-state index in [-0.39, 0.29) is 5.38 Å². The third-order valence-electron chi connectivity index (χ3n) is 12.2. The molecule has 0 aromatic carbocycles. The minimum Gasteiger partial charge on any atom is -0.411 e. The molecule has 0 amide bonds. The monoisotopic (exact) mass is 461 g/mol. The maximum Gasteiger partial charge on any atom is 0.0789 e. The average molecular weight is 462 g/mol. The SMILES string of the molecule is CC(C)CCC[C@@H](C)[C@H]1CC[C@H]2[C@@H]3CC[C@H]4C[C@@H]5/C(=N\O)[C@H](Cl)[C@@H]5C[C@]4(C)[C@H]3CC[C@]12C. The van der Waals surface area contributed by atoms with E-state index in [1.807, 2.05) is 0 Å². The standard InChI is InChI=1S/C29H48ClNO/c1-17(2)7-6-8-18(3)23-11-12-24-20-10-9-19-15-21-22(26(30)27(21)31-32)16-29(19,5)25(20)13-14-28(23,24)4/h17-26,32H,6-16H2,1-5H3/b31-27+/t18-,19+,20+,21+,22-,23-,24+,25+,26-,28-,29+/m1/s1. The Kier molecular flexibility index (Phi) is 6.21. The largest absolute Gasteiger partial charge is 0.411 e. The molecule has 0 aliphatic heterocycles. The topological polar surface area (TPSA) is 32.6 Å². The third-order valence-corrected chi connectivity index (χ3v) is 12.7. The highest BCUT2D eigenvalue weighted by Crippen LogP contribution is 2.70. The molecule has 0 aromatic heterocycles. The van der Waals surface area contributed by atoms with Gasteiger partial charge in [-0.1, -0.05) is 59.0 Å². The van der Waals surface area contributed by atoms with Crippen molar-refractivity contribution in [3.63, 3.8) is 0 Å². The summed E-state index contributed by atoms with van der Waals surface area (Å²) in [5.74, 6) is 7.31. The van der Waals surface area contributed by atoms with Crippen LogP contribution in [0.15, 0.2) is 5.16 Å². The molecule has 0 radical (unpaired) electrons. The smallest absolute Gasteiger partial charge is 0.0789 e. The number of alkyl halides is 1. The van der Waals surface area contributed by atoms with Crippen LogP contribution in [0.2, 0.25) is 0 Å². The molecule has 0 spiro atoms. The lowest BCUT2D eigenvalue weighted by atomic mass is 9.41. The van der Waals surface area contributed by atoms with Gasteiger partial charge in [0.25, 0.3) is 0 Å². The Morgan fingerprint density at radius 1 is 0.969 bits per heavy atom. The van der Waals surface area contributed by atoms with Gasteiger partial charge in [0.1, 0.15) is 0 Å². The van der Waals surface area contributed by atoms with Crippen LogP contribution in [0.4, 0.5) is 0 Å². The lowest BCUT2D eigenvalue weighted by molar-refractivity contribution is -0.131. The number of fused-ring (bicyclic) bond motifs is 6. The van der Waals surface area contributed by atoms with Gasteiger partial charge in [-0.3, -0.25) is 0 Å². The zero-order valence-electron chi connectivity index (χ0n) is 21.3. The number of hydrogen-bond donors (Lipinski definition) is 1. The molecule has 0 aromatic rings. The number of oxime groups is 1. The van der Waals surface area contributed by atoms with Crippen LogP contribution in [-0.2, 0) is 0 Å².